The van der Waals surface area contributed by atoms with Crippen LogP contribution in [0, 0.1) is 10.5 Å². The molecule has 0 saturated heterocycles. The van der Waals surface area contributed by atoms with Gasteiger partial charge in [0.2, 0.25) is 0 Å². The highest BCUT2D eigenvalue weighted by Crippen LogP contribution is 2.33. The number of aliphatic hydroxyl groups excluding tert-OH is 1. The monoisotopic (exact) mass is 398 g/mol. The minimum atomic E-state index is -0.699. The van der Waals surface area contributed by atoms with Crippen LogP contribution in [0.2, 0.25) is 0 Å². The lowest BCUT2D eigenvalue weighted by molar-refractivity contribution is 0.142. The summed E-state index contributed by atoms with van der Waals surface area (Å²) in [6, 6.07) is 13.5. The number of hydrogen-bond acceptors (Lipinski definition) is 3. The fourth-order valence-electron chi connectivity index (χ4n) is 2.12. The van der Waals surface area contributed by atoms with E-state index in [9.17, 15) is 5.11 Å². The van der Waals surface area contributed by atoms with E-state index in [-0.39, 0.29) is 0 Å². The van der Waals surface area contributed by atoms with E-state index in [1.54, 1.807) is 7.11 Å². The van der Waals surface area contributed by atoms with Crippen molar-refractivity contribution in [3.05, 3.63) is 62.7 Å². The zero-order valence-electron chi connectivity index (χ0n) is 12.2. The van der Waals surface area contributed by atoms with Crippen LogP contribution in [-0.2, 0) is 4.74 Å². The van der Waals surface area contributed by atoms with E-state index in [0.717, 1.165) is 20.3 Å². The summed E-state index contributed by atoms with van der Waals surface area (Å²) < 4.78 is 11.8. The molecule has 2 aromatic rings. The second-order valence-corrected chi connectivity index (χ2v) is 5.84. The minimum Gasteiger partial charge on any atom is -0.491 e. The topological polar surface area (TPSA) is 38.7 Å². The zero-order chi connectivity index (χ0) is 15.2. The minimum absolute atomic E-state index is 0.463. The van der Waals surface area contributed by atoms with E-state index in [1.807, 2.05) is 49.4 Å². The molecule has 0 amide bonds. The summed E-state index contributed by atoms with van der Waals surface area (Å²) >= 11 is 2.27. The number of para-hydroxylation sites is 1. The summed E-state index contributed by atoms with van der Waals surface area (Å²) in [5.74, 6) is 0.694. The lowest BCUT2D eigenvalue weighted by Crippen LogP contribution is -2.09. The van der Waals surface area contributed by atoms with Gasteiger partial charge in [-0.15, -0.1) is 0 Å². The number of aliphatic hydroxyl groups is 1. The maximum absolute atomic E-state index is 10.7. The van der Waals surface area contributed by atoms with Gasteiger partial charge in [-0.2, -0.15) is 0 Å². The van der Waals surface area contributed by atoms with Gasteiger partial charge < -0.3 is 14.6 Å². The summed E-state index contributed by atoms with van der Waals surface area (Å²) in [6.45, 7) is 3.02. The van der Waals surface area contributed by atoms with E-state index in [1.165, 1.54) is 0 Å². The van der Waals surface area contributed by atoms with Crippen LogP contribution in [0.5, 0.6) is 5.75 Å². The smallest absolute Gasteiger partial charge is 0.125 e. The fourth-order valence-corrected chi connectivity index (χ4v) is 2.78. The van der Waals surface area contributed by atoms with E-state index in [0.29, 0.717) is 19.0 Å². The second kappa shape index (κ2) is 7.77. The van der Waals surface area contributed by atoms with Crippen LogP contribution in [0.4, 0.5) is 0 Å². The molecule has 0 radical (unpaired) electrons. The predicted molar refractivity (Wildman–Crippen MR) is 91.8 cm³/mol. The van der Waals surface area contributed by atoms with E-state index in [2.05, 4.69) is 22.6 Å². The Kier molecular flexibility index (Phi) is 6.02. The van der Waals surface area contributed by atoms with Crippen molar-refractivity contribution in [2.24, 2.45) is 0 Å². The molecule has 2 rings (SSSR count). The molecule has 3 nitrogen and oxygen atoms in total. The molecule has 112 valence electrons. The molecule has 4 heteroatoms. The summed E-state index contributed by atoms with van der Waals surface area (Å²) in [6.07, 6.45) is -0.699. The van der Waals surface area contributed by atoms with Crippen LogP contribution in [0.1, 0.15) is 22.8 Å². The standard InChI is InChI=1S/C17H19IO3/c1-12-6-5-8-14(16(12)18)17(19)13-7-3-4-9-15(13)21-11-10-20-2/h3-9,17,19H,10-11H2,1-2H3. The Morgan fingerprint density at radius 3 is 2.52 bits per heavy atom. The lowest BCUT2D eigenvalue weighted by Gasteiger charge is -2.18. The van der Waals surface area contributed by atoms with Crippen LogP contribution in [0.15, 0.2) is 42.5 Å². The summed E-state index contributed by atoms with van der Waals surface area (Å²) in [4.78, 5) is 0. The number of methoxy groups -OCH3 is 1. The maximum atomic E-state index is 10.7. The van der Waals surface area contributed by atoms with Gasteiger partial charge in [-0.1, -0.05) is 36.4 Å². The van der Waals surface area contributed by atoms with Crippen molar-refractivity contribution >= 4 is 22.6 Å². The predicted octanol–water partition coefficient (Wildman–Crippen LogP) is 3.71. The Bertz CT molecular complexity index is 598. The Morgan fingerprint density at radius 1 is 1.05 bits per heavy atom. The van der Waals surface area contributed by atoms with E-state index >= 15 is 0 Å². The maximum Gasteiger partial charge on any atom is 0.125 e. The quantitative estimate of drug-likeness (QED) is 0.596. The van der Waals surface area contributed by atoms with Crippen LogP contribution in [0.3, 0.4) is 0 Å². The molecule has 0 aliphatic carbocycles. The normalized spacial score (nSPS) is 12.2. The van der Waals surface area contributed by atoms with E-state index < -0.39 is 6.10 Å². The largest absolute Gasteiger partial charge is 0.491 e. The van der Waals surface area contributed by atoms with Gasteiger partial charge in [0.05, 0.1) is 6.61 Å². The highest BCUT2D eigenvalue weighted by molar-refractivity contribution is 14.1. The molecule has 0 aromatic heterocycles. The van der Waals surface area contributed by atoms with Crippen molar-refractivity contribution in [3.8, 4) is 5.75 Å². The number of hydrogen-bond donors (Lipinski definition) is 1. The molecule has 0 heterocycles. The van der Waals surface area contributed by atoms with Crippen molar-refractivity contribution in [3.63, 3.8) is 0 Å². The van der Waals surface area contributed by atoms with Gasteiger partial charge in [0.25, 0.3) is 0 Å². The van der Waals surface area contributed by atoms with Gasteiger partial charge in [-0.25, -0.2) is 0 Å². The molecule has 21 heavy (non-hydrogen) atoms. The first-order valence-electron chi connectivity index (χ1n) is 6.79. The van der Waals surface area contributed by atoms with Crippen molar-refractivity contribution in [1.29, 1.82) is 0 Å². The number of halogens is 1. The molecule has 0 fully saturated rings. The van der Waals surface area contributed by atoms with Gasteiger partial charge in [-0.05, 0) is 46.7 Å². The Hall–Kier alpha value is -1.11. The molecule has 1 N–H and O–H groups in total. The van der Waals surface area contributed by atoms with E-state index in [4.69, 9.17) is 9.47 Å². The third-order valence-corrected chi connectivity index (χ3v) is 4.75. The zero-order valence-corrected chi connectivity index (χ0v) is 14.3. The second-order valence-electron chi connectivity index (χ2n) is 4.76. The molecular weight excluding hydrogens is 379 g/mol. The van der Waals surface area contributed by atoms with Crippen molar-refractivity contribution in [2.45, 2.75) is 13.0 Å². The molecule has 1 atom stereocenters. The number of rotatable bonds is 6. The van der Waals surface area contributed by atoms with Gasteiger partial charge in [-0.3, -0.25) is 0 Å². The third-order valence-electron chi connectivity index (χ3n) is 3.27. The number of ether oxygens (including phenoxy) is 2. The van der Waals surface area contributed by atoms with Gasteiger partial charge in [0.15, 0.2) is 0 Å². The molecule has 0 bridgehead atoms. The summed E-state index contributed by atoms with van der Waals surface area (Å²) in [5, 5.41) is 10.7. The average Bonchev–Trinajstić information content (AvgIpc) is 2.50. The number of aryl methyl sites for hydroxylation is 1. The van der Waals surface area contributed by atoms with Crippen molar-refractivity contribution in [2.75, 3.05) is 20.3 Å². The van der Waals surface area contributed by atoms with Crippen molar-refractivity contribution < 1.29 is 14.6 Å². The van der Waals surface area contributed by atoms with Crippen LogP contribution >= 0.6 is 22.6 Å². The van der Waals surface area contributed by atoms with Crippen LogP contribution < -0.4 is 4.74 Å². The Labute approximate surface area is 139 Å². The van der Waals surface area contributed by atoms with Gasteiger partial charge in [0, 0.05) is 16.2 Å². The first-order valence-corrected chi connectivity index (χ1v) is 7.86. The first kappa shape index (κ1) is 16.3. The summed E-state index contributed by atoms with van der Waals surface area (Å²) in [5.41, 5.74) is 2.83. The third kappa shape index (κ3) is 3.96. The molecule has 2 aromatic carbocycles. The Morgan fingerprint density at radius 2 is 1.76 bits per heavy atom. The van der Waals surface area contributed by atoms with Gasteiger partial charge >= 0.3 is 0 Å². The summed E-state index contributed by atoms with van der Waals surface area (Å²) in [7, 11) is 1.64. The molecular formula is C17H19IO3. The lowest BCUT2D eigenvalue weighted by atomic mass is 9.99. The molecule has 0 spiro atoms. The highest BCUT2D eigenvalue weighted by Gasteiger charge is 2.18. The first-order chi connectivity index (χ1) is 10.1. The molecule has 0 saturated carbocycles. The average molecular weight is 398 g/mol. The van der Waals surface area contributed by atoms with Crippen molar-refractivity contribution in [1.82, 2.24) is 0 Å². The Balaban J connectivity index is 2.30. The molecule has 0 aliphatic heterocycles. The van der Waals surface area contributed by atoms with Gasteiger partial charge in [0.1, 0.15) is 18.5 Å². The fraction of sp³-hybridized carbons (Fsp3) is 0.294. The molecule has 0 aliphatic rings. The SMILES string of the molecule is COCCOc1ccccc1C(O)c1cccc(C)c1I. The molecule has 1 unspecified atom stereocenters. The van der Waals surface area contributed by atoms with Crippen LogP contribution in [-0.4, -0.2) is 25.4 Å². The highest BCUT2D eigenvalue weighted by atomic mass is 127. The number of benzene rings is 2. The van der Waals surface area contributed by atoms with Crippen LogP contribution in [0.25, 0.3) is 0 Å².